The van der Waals surface area contributed by atoms with E-state index >= 15 is 0 Å². The lowest BCUT2D eigenvalue weighted by Crippen LogP contribution is -2.54. The molecule has 0 atom stereocenters. The van der Waals surface area contributed by atoms with Crippen molar-refractivity contribution in [3.05, 3.63) is 59.9 Å². The molecule has 1 aliphatic heterocycles. The second-order valence-corrected chi connectivity index (χ2v) is 6.89. The highest BCUT2D eigenvalue weighted by Crippen LogP contribution is 2.27. The van der Waals surface area contributed by atoms with Crippen LogP contribution in [0.2, 0.25) is 0 Å². The summed E-state index contributed by atoms with van der Waals surface area (Å²) in [4.78, 5) is 3.87. The molecule has 1 saturated heterocycles. The van der Waals surface area contributed by atoms with E-state index in [2.05, 4.69) is 10.2 Å². The van der Waals surface area contributed by atoms with Crippen LogP contribution in [0.1, 0.15) is 5.56 Å². The van der Waals surface area contributed by atoms with Crippen LogP contribution in [0, 0.1) is 5.82 Å². The third-order valence-corrected chi connectivity index (χ3v) is 4.37. The average Bonchev–Trinajstić information content (AvgIpc) is 3.10. The maximum atomic E-state index is 14.1. The minimum atomic E-state index is -0.248. The van der Waals surface area contributed by atoms with Gasteiger partial charge in [-0.2, -0.15) is 0 Å². The summed E-state index contributed by atoms with van der Waals surface area (Å²) in [5, 5.41) is 8.19. The molecule has 2 aromatic carbocycles. The predicted molar refractivity (Wildman–Crippen MR) is 100 cm³/mol. The lowest BCUT2D eigenvalue weighted by atomic mass is 10.1. The van der Waals surface area contributed by atoms with E-state index in [-0.39, 0.29) is 11.9 Å². The fraction of sp³-hybridized carbons (Fsp3) is 0.300. The molecule has 140 valence electrons. The number of anilines is 1. The van der Waals surface area contributed by atoms with Crippen LogP contribution in [0.25, 0.3) is 11.5 Å². The van der Waals surface area contributed by atoms with E-state index in [9.17, 15) is 4.39 Å². The topological polar surface area (TPSA) is 54.6 Å². The van der Waals surface area contributed by atoms with Gasteiger partial charge < -0.3 is 19.0 Å². The van der Waals surface area contributed by atoms with Gasteiger partial charge in [-0.3, -0.25) is 0 Å². The highest BCUT2D eigenvalue weighted by atomic mass is 19.1. The molecule has 6 nitrogen and oxygen atoms in total. The Morgan fingerprint density at radius 3 is 2.63 bits per heavy atom. The Hall–Kier alpha value is -2.93. The molecule has 1 aromatic heterocycles. The number of hydrogen-bond acceptors (Lipinski definition) is 6. The summed E-state index contributed by atoms with van der Waals surface area (Å²) in [5.74, 6) is 0.783. The quantitative estimate of drug-likeness (QED) is 0.666. The number of nitrogens with zero attached hydrogens (tertiary/aromatic N) is 4. The summed E-state index contributed by atoms with van der Waals surface area (Å²) >= 11 is 0. The molecular weight excluding hydrogens is 347 g/mol. The number of ether oxygens (including phenoxy) is 1. The number of rotatable bonds is 6. The van der Waals surface area contributed by atoms with Crippen molar-refractivity contribution >= 4 is 6.01 Å². The van der Waals surface area contributed by atoms with E-state index in [1.807, 2.05) is 60.3 Å². The Labute approximate surface area is 157 Å². The third kappa shape index (κ3) is 3.93. The van der Waals surface area contributed by atoms with E-state index in [4.69, 9.17) is 9.15 Å². The van der Waals surface area contributed by atoms with Crippen molar-refractivity contribution in [1.82, 2.24) is 15.1 Å². The molecule has 0 unspecified atom stereocenters. The zero-order valence-corrected chi connectivity index (χ0v) is 15.3. The van der Waals surface area contributed by atoms with Crippen LogP contribution < -0.4 is 9.64 Å². The number of aromatic nitrogens is 2. The summed E-state index contributed by atoms with van der Waals surface area (Å²) in [6.45, 7) is 1.80. The molecule has 4 rings (SSSR count). The molecule has 0 N–H and O–H groups in total. The molecule has 0 radical (unpaired) electrons. The van der Waals surface area contributed by atoms with Gasteiger partial charge in [-0.1, -0.05) is 29.4 Å². The SMILES string of the molecule is CN(C)Cc1ccc(OC2CN(c3nnc(-c4ccccc4)o3)C2)cc1F. The summed E-state index contributed by atoms with van der Waals surface area (Å²) in [6.07, 6.45) is -0.0313. The molecule has 3 aromatic rings. The zero-order chi connectivity index (χ0) is 18.8. The van der Waals surface area contributed by atoms with Gasteiger partial charge in [0.25, 0.3) is 0 Å². The van der Waals surface area contributed by atoms with Gasteiger partial charge in [0.1, 0.15) is 17.7 Å². The second kappa shape index (κ2) is 7.36. The van der Waals surface area contributed by atoms with E-state index in [0.29, 0.717) is 42.9 Å². The molecule has 2 heterocycles. The summed E-state index contributed by atoms with van der Waals surface area (Å²) in [7, 11) is 3.82. The molecule has 1 aliphatic rings. The standard InChI is InChI=1S/C20H21FN4O2/c1-24(2)11-15-8-9-16(10-18(15)21)26-17-12-25(13-17)20-23-22-19(27-20)14-6-4-3-5-7-14/h3-10,17H,11-13H2,1-2H3. The predicted octanol–water partition coefficient (Wildman–Crippen LogP) is 3.20. The summed E-state index contributed by atoms with van der Waals surface area (Å²) < 4.78 is 25.7. The average molecular weight is 368 g/mol. The molecular formula is C20H21FN4O2. The lowest BCUT2D eigenvalue weighted by molar-refractivity contribution is 0.161. The van der Waals surface area contributed by atoms with E-state index in [0.717, 1.165) is 5.56 Å². The molecule has 1 fully saturated rings. The number of halogens is 1. The maximum Gasteiger partial charge on any atom is 0.318 e. The van der Waals surface area contributed by atoms with Gasteiger partial charge in [-0.05, 0) is 32.3 Å². The fourth-order valence-electron chi connectivity index (χ4n) is 2.97. The zero-order valence-electron chi connectivity index (χ0n) is 15.3. The summed E-state index contributed by atoms with van der Waals surface area (Å²) in [6, 6.07) is 15.1. The monoisotopic (exact) mass is 368 g/mol. The molecule has 0 aliphatic carbocycles. The number of benzene rings is 2. The Morgan fingerprint density at radius 2 is 1.93 bits per heavy atom. The first-order chi connectivity index (χ1) is 13.1. The fourth-order valence-corrected chi connectivity index (χ4v) is 2.97. The minimum absolute atomic E-state index is 0.0313. The van der Waals surface area contributed by atoms with Gasteiger partial charge in [0.2, 0.25) is 5.89 Å². The van der Waals surface area contributed by atoms with Crippen molar-refractivity contribution in [2.24, 2.45) is 0 Å². The first-order valence-corrected chi connectivity index (χ1v) is 8.82. The van der Waals surface area contributed by atoms with Crippen LogP contribution in [-0.4, -0.2) is 48.4 Å². The van der Waals surface area contributed by atoms with Gasteiger partial charge in [-0.25, -0.2) is 4.39 Å². The van der Waals surface area contributed by atoms with Crippen LogP contribution in [0.5, 0.6) is 5.75 Å². The first kappa shape index (κ1) is 17.5. The van der Waals surface area contributed by atoms with Crippen LogP contribution in [-0.2, 0) is 6.54 Å². The molecule has 0 bridgehead atoms. The summed E-state index contributed by atoms with van der Waals surface area (Å²) in [5.41, 5.74) is 1.54. The van der Waals surface area contributed by atoms with Crippen LogP contribution >= 0.6 is 0 Å². The van der Waals surface area contributed by atoms with Gasteiger partial charge in [0.05, 0.1) is 13.1 Å². The van der Waals surface area contributed by atoms with E-state index < -0.39 is 0 Å². The van der Waals surface area contributed by atoms with Crippen molar-refractivity contribution in [2.45, 2.75) is 12.6 Å². The largest absolute Gasteiger partial charge is 0.487 e. The molecule has 0 amide bonds. The van der Waals surface area contributed by atoms with E-state index in [1.54, 1.807) is 6.07 Å². The van der Waals surface area contributed by atoms with Crippen molar-refractivity contribution in [3.8, 4) is 17.2 Å². The highest BCUT2D eigenvalue weighted by Gasteiger charge is 2.32. The van der Waals surface area contributed by atoms with Crippen molar-refractivity contribution in [3.63, 3.8) is 0 Å². The Bertz CT molecular complexity index is 907. The van der Waals surface area contributed by atoms with Gasteiger partial charge in [0.15, 0.2) is 0 Å². The molecule has 0 spiro atoms. The Kier molecular flexibility index (Phi) is 4.77. The van der Waals surface area contributed by atoms with Crippen LogP contribution in [0.3, 0.4) is 0 Å². The molecule has 0 saturated carbocycles. The minimum Gasteiger partial charge on any atom is -0.487 e. The van der Waals surface area contributed by atoms with Crippen molar-refractivity contribution in [2.75, 3.05) is 32.1 Å². The maximum absolute atomic E-state index is 14.1. The normalized spacial score (nSPS) is 14.4. The third-order valence-electron chi connectivity index (χ3n) is 4.37. The first-order valence-electron chi connectivity index (χ1n) is 8.82. The van der Waals surface area contributed by atoms with Crippen LogP contribution in [0.15, 0.2) is 52.9 Å². The Morgan fingerprint density at radius 1 is 1.15 bits per heavy atom. The lowest BCUT2D eigenvalue weighted by Gasteiger charge is -2.37. The Balaban J connectivity index is 1.34. The molecule has 7 heteroatoms. The van der Waals surface area contributed by atoms with Gasteiger partial charge in [-0.15, -0.1) is 5.10 Å². The van der Waals surface area contributed by atoms with E-state index in [1.165, 1.54) is 6.07 Å². The number of hydrogen-bond donors (Lipinski definition) is 0. The second-order valence-electron chi connectivity index (χ2n) is 6.89. The highest BCUT2D eigenvalue weighted by molar-refractivity contribution is 5.53. The molecule has 27 heavy (non-hydrogen) atoms. The van der Waals surface area contributed by atoms with Crippen molar-refractivity contribution < 1.29 is 13.5 Å². The van der Waals surface area contributed by atoms with Crippen molar-refractivity contribution in [1.29, 1.82) is 0 Å². The van der Waals surface area contributed by atoms with Gasteiger partial charge in [0, 0.05) is 23.7 Å². The van der Waals surface area contributed by atoms with Gasteiger partial charge >= 0.3 is 6.01 Å². The smallest absolute Gasteiger partial charge is 0.318 e. The van der Waals surface area contributed by atoms with Crippen LogP contribution in [0.4, 0.5) is 10.4 Å².